The molecule has 2 aromatic rings. The van der Waals surface area contributed by atoms with Crippen LogP contribution < -0.4 is 24.3 Å². The van der Waals surface area contributed by atoms with Crippen LogP contribution in [-0.4, -0.2) is 62.5 Å². The molecule has 4 atom stereocenters. The first-order chi connectivity index (χ1) is 17.5. The Morgan fingerprint density at radius 3 is 2.72 bits per heavy atom. The number of rotatable bonds is 8. The van der Waals surface area contributed by atoms with Crippen LogP contribution in [0.5, 0.6) is 23.0 Å². The number of amides is 2. The number of hydrogen-bond donors (Lipinski definition) is 1. The van der Waals surface area contributed by atoms with Gasteiger partial charge in [0.05, 0.1) is 38.7 Å². The van der Waals surface area contributed by atoms with E-state index in [1.165, 1.54) is 0 Å². The van der Waals surface area contributed by atoms with E-state index in [1.807, 2.05) is 48.6 Å². The third-order valence-electron chi connectivity index (χ3n) is 7.45. The summed E-state index contributed by atoms with van der Waals surface area (Å²) >= 11 is 0. The van der Waals surface area contributed by atoms with Gasteiger partial charge < -0.3 is 33.9 Å². The Balaban J connectivity index is 1.12. The molecule has 0 aromatic heterocycles. The number of methoxy groups -OCH3 is 2. The molecule has 1 spiro atoms. The molecule has 9 heteroatoms. The van der Waals surface area contributed by atoms with Gasteiger partial charge in [0.2, 0.25) is 18.6 Å². The molecule has 2 amide bonds. The van der Waals surface area contributed by atoms with Crippen molar-refractivity contribution in [1.29, 1.82) is 0 Å². The van der Waals surface area contributed by atoms with Crippen LogP contribution in [0.1, 0.15) is 11.1 Å². The highest BCUT2D eigenvalue weighted by Gasteiger charge is 2.66. The van der Waals surface area contributed by atoms with E-state index in [4.69, 9.17) is 23.7 Å². The largest absolute Gasteiger partial charge is 0.493 e. The third-order valence-corrected chi connectivity index (χ3v) is 7.45. The molecule has 6 rings (SSSR count). The van der Waals surface area contributed by atoms with E-state index in [0.29, 0.717) is 49.1 Å². The Labute approximate surface area is 208 Å². The monoisotopic (exact) mass is 492 g/mol. The van der Waals surface area contributed by atoms with Crippen LogP contribution >= 0.6 is 0 Å². The lowest BCUT2D eigenvalue weighted by atomic mass is 9.77. The van der Waals surface area contributed by atoms with Crippen LogP contribution in [-0.2, 0) is 27.3 Å². The lowest BCUT2D eigenvalue weighted by Gasteiger charge is -2.23. The fourth-order valence-corrected chi connectivity index (χ4v) is 5.76. The average Bonchev–Trinajstić information content (AvgIpc) is 3.65. The van der Waals surface area contributed by atoms with Gasteiger partial charge in [-0.3, -0.25) is 9.59 Å². The zero-order valence-electron chi connectivity index (χ0n) is 20.2. The molecule has 0 aliphatic carbocycles. The molecule has 4 aliphatic rings. The molecule has 4 heterocycles. The van der Waals surface area contributed by atoms with Gasteiger partial charge >= 0.3 is 0 Å². The van der Waals surface area contributed by atoms with E-state index in [0.717, 1.165) is 11.1 Å². The zero-order chi connectivity index (χ0) is 24.9. The molecule has 0 unspecified atom stereocenters. The van der Waals surface area contributed by atoms with Crippen LogP contribution in [0.2, 0.25) is 0 Å². The maximum Gasteiger partial charge on any atom is 0.231 e. The topological polar surface area (TPSA) is 95.6 Å². The van der Waals surface area contributed by atoms with Crippen molar-refractivity contribution in [3.63, 3.8) is 0 Å². The number of carbonyl (C=O) groups excluding carboxylic acids is 2. The van der Waals surface area contributed by atoms with E-state index < -0.39 is 17.4 Å². The summed E-state index contributed by atoms with van der Waals surface area (Å²) in [5, 5.41) is 3.02. The quantitative estimate of drug-likeness (QED) is 0.564. The second-order valence-corrected chi connectivity index (χ2v) is 9.51. The standard InChI is InChI=1S/C27H28N2O7/c1-32-18-5-3-16(11-21(18)33-2)8-10-28-25(30)23-20-7-9-27(36-20)14-29(26(31)24(23)27)13-17-4-6-19-22(12-17)35-15-34-19/h3-7,9,11-12,20,23-24H,8,10,13-15H2,1-2H3,(H,28,30)/t20-,23-,24+,27-/m1/s1. The van der Waals surface area contributed by atoms with Crippen LogP contribution in [0.3, 0.4) is 0 Å². The van der Waals surface area contributed by atoms with Gasteiger partial charge in [-0.05, 0) is 41.8 Å². The molecule has 36 heavy (non-hydrogen) atoms. The van der Waals surface area contributed by atoms with Gasteiger partial charge in [0.25, 0.3) is 0 Å². The van der Waals surface area contributed by atoms with Gasteiger partial charge in [-0.2, -0.15) is 0 Å². The van der Waals surface area contributed by atoms with E-state index in [1.54, 1.807) is 19.1 Å². The maximum absolute atomic E-state index is 13.5. The van der Waals surface area contributed by atoms with Crippen LogP contribution in [0.25, 0.3) is 0 Å². The number of nitrogens with one attached hydrogen (secondary N) is 1. The number of carbonyl (C=O) groups is 2. The van der Waals surface area contributed by atoms with E-state index in [9.17, 15) is 9.59 Å². The summed E-state index contributed by atoms with van der Waals surface area (Å²) in [6.45, 7) is 1.49. The highest BCUT2D eigenvalue weighted by atomic mass is 16.7. The van der Waals surface area contributed by atoms with E-state index in [2.05, 4.69) is 5.32 Å². The first-order valence-electron chi connectivity index (χ1n) is 12.0. The maximum atomic E-state index is 13.5. The lowest BCUT2D eigenvalue weighted by molar-refractivity contribution is -0.137. The van der Waals surface area contributed by atoms with Gasteiger partial charge in [0, 0.05) is 13.1 Å². The number of likely N-dealkylation sites (tertiary alicyclic amines) is 1. The molecular formula is C27H28N2O7. The normalized spacial score (nSPS) is 26.9. The molecule has 0 saturated carbocycles. The van der Waals surface area contributed by atoms with Gasteiger partial charge in [0.15, 0.2) is 23.0 Å². The minimum Gasteiger partial charge on any atom is -0.493 e. The van der Waals surface area contributed by atoms with Crippen molar-refractivity contribution in [2.75, 3.05) is 34.1 Å². The predicted octanol–water partition coefficient (Wildman–Crippen LogP) is 2.07. The number of fused-ring (bicyclic) bond motifs is 2. The Morgan fingerprint density at radius 2 is 1.89 bits per heavy atom. The summed E-state index contributed by atoms with van der Waals surface area (Å²) in [5.74, 6) is 1.41. The second-order valence-electron chi connectivity index (χ2n) is 9.51. The van der Waals surface area contributed by atoms with Crippen LogP contribution in [0.15, 0.2) is 48.6 Å². The number of benzene rings is 2. The average molecular weight is 493 g/mol. The zero-order valence-corrected chi connectivity index (χ0v) is 20.2. The number of nitrogens with zero attached hydrogens (tertiary/aromatic N) is 1. The highest BCUT2D eigenvalue weighted by molar-refractivity contribution is 5.93. The minimum atomic E-state index is -0.747. The SMILES string of the molecule is COc1ccc(CCNC(=O)[C@H]2[C@H]3C(=O)N(Cc4ccc5c(c4)OCO5)C[C@]34C=C[C@H]2O4)cc1OC. The van der Waals surface area contributed by atoms with Gasteiger partial charge in [-0.25, -0.2) is 0 Å². The summed E-state index contributed by atoms with van der Waals surface area (Å²) in [4.78, 5) is 28.5. The van der Waals surface area contributed by atoms with Crippen molar-refractivity contribution in [2.45, 2.75) is 24.7 Å². The number of hydrogen-bond acceptors (Lipinski definition) is 7. The van der Waals surface area contributed by atoms with E-state index in [-0.39, 0.29) is 24.7 Å². The summed E-state index contributed by atoms with van der Waals surface area (Å²) in [6.07, 6.45) is 4.13. The Hall–Kier alpha value is -3.72. The molecule has 2 aromatic carbocycles. The fourth-order valence-electron chi connectivity index (χ4n) is 5.76. The highest BCUT2D eigenvalue weighted by Crippen LogP contribution is 2.52. The van der Waals surface area contributed by atoms with Gasteiger partial charge in [-0.15, -0.1) is 0 Å². The molecule has 2 bridgehead atoms. The Kier molecular flexibility index (Phi) is 5.52. The molecule has 0 radical (unpaired) electrons. The summed E-state index contributed by atoms with van der Waals surface area (Å²) in [7, 11) is 3.19. The molecular weight excluding hydrogens is 464 g/mol. The van der Waals surface area contributed by atoms with E-state index >= 15 is 0 Å². The minimum absolute atomic E-state index is 0.0560. The van der Waals surface area contributed by atoms with Gasteiger partial charge in [0.1, 0.15) is 5.60 Å². The molecule has 188 valence electrons. The van der Waals surface area contributed by atoms with Crippen molar-refractivity contribution < 1.29 is 33.3 Å². The van der Waals surface area contributed by atoms with Crippen molar-refractivity contribution in [1.82, 2.24) is 10.2 Å². The lowest BCUT2D eigenvalue weighted by Crippen LogP contribution is -2.44. The summed E-state index contributed by atoms with van der Waals surface area (Å²) < 4.78 is 27.7. The third kappa shape index (κ3) is 3.65. The Bertz CT molecular complexity index is 1240. The Morgan fingerprint density at radius 1 is 1.08 bits per heavy atom. The van der Waals surface area contributed by atoms with Crippen LogP contribution in [0.4, 0.5) is 0 Å². The molecule has 1 N–H and O–H groups in total. The first-order valence-corrected chi connectivity index (χ1v) is 12.0. The second kappa shape index (κ2) is 8.74. The molecule has 2 saturated heterocycles. The molecule has 4 aliphatic heterocycles. The predicted molar refractivity (Wildman–Crippen MR) is 128 cm³/mol. The van der Waals surface area contributed by atoms with Crippen molar-refractivity contribution >= 4 is 11.8 Å². The first kappa shape index (κ1) is 22.7. The smallest absolute Gasteiger partial charge is 0.231 e. The van der Waals surface area contributed by atoms with Gasteiger partial charge in [-0.1, -0.05) is 24.3 Å². The molecule has 2 fully saturated rings. The molecule has 9 nitrogen and oxygen atoms in total. The van der Waals surface area contributed by atoms with Crippen molar-refractivity contribution in [3.8, 4) is 23.0 Å². The summed E-state index contributed by atoms with van der Waals surface area (Å²) in [5.41, 5.74) is 1.21. The fraction of sp³-hybridized carbons (Fsp3) is 0.407. The van der Waals surface area contributed by atoms with Crippen molar-refractivity contribution in [2.24, 2.45) is 11.8 Å². The van der Waals surface area contributed by atoms with Crippen molar-refractivity contribution in [3.05, 3.63) is 59.7 Å². The van der Waals surface area contributed by atoms with Crippen LogP contribution in [0, 0.1) is 11.8 Å². The summed E-state index contributed by atoms with van der Waals surface area (Å²) in [6, 6.07) is 11.4. The number of ether oxygens (including phenoxy) is 5.